The summed E-state index contributed by atoms with van der Waals surface area (Å²) in [5, 5.41) is 11.5. The molecule has 0 radical (unpaired) electrons. The summed E-state index contributed by atoms with van der Waals surface area (Å²) < 4.78 is 11.0. The third kappa shape index (κ3) is 5.33. The molecule has 9 heteroatoms. The third-order valence-corrected chi connectivity index (χ3v) is 7.59. The summed E-state index contributed by atoms with van der Waals surface area (Å²) in [6.07, 6.45) is 3.12. The van der Waals surface area contributed by atoms with Gasteiger partial charge in [0.25, 0.3) is 5.78 Å². The quantitative estimate of drug-likeness (QED) is 0.114. The Hall–Kier alpha value is -3.98. The number of Topliss-reactive ketones (excluding diaryl/α,β-unsaturated/α-hetero) is 2. The summed E-state index contributed by atoms with van der Waals surface area (Å²) >= 11 is 1.05. The van der Waals surface area contributed by atoms with Crippen LogP contribution in [0.25, 0.3) is 5.76 Å². The number of carbonyl (C=O) groups excluding carboxylic acids is 3. The lowest BCUT2D eigenvalue weighted by molar-refractivity contribution is -0.132. The number of methoxy groups -OCH3 is 1. The van der Waals surface area contributed by atoms with E-state index in [1.807, 2.05) is 0 Å². The molecule has 1 atom stereocenters. The van der Waals surface area contributed by atoms with E-state index < -0.39 is 17.7 Å². The molecule has 0 saturated carbocycles. The number of aliphatic hydroxyl groups excluding tert-OH is 1. The second kappa shape index (κ2) is 11.6. The second-order valence-electron chi connectivity index (χ2n) is 8.99. The smallest absolute Gasteiger partial charge is 0.301 e. The number of amides is 1. The Labute approximate surface area is 225 Å². The predicted molar refractivity (Wildman–Crippen MR) is 146 cm³/mol. The van der Waals surface area contributed by atoms with Crippen molar-refractivity contribution >= 4 is 39.7 Å². The average Bonchev–Trinajstić information content (AvgIpc) is 3.43. The van der Waals surface area contributed by atoms with Crippen LogP contribution in [-0.4, -0.2) is 41.3 Å². The highest BCUT2D eigenvalue weighted by Gasteiger charge is 2.48. The molecule has 4 rings (SSSR count). The van der Waals surface area contributed by atoms with Crippen LogP contribution in [0.15, 0.2) is 54.1 Å². The molecule has 1 aromatic heterocycles. The van der Waals surface area contributed by atoms with Crippen molar-refractivity contribution in [3.63, 3.8) is 0 Å². The number of nitrogens with zero attached hydrogens (tertiary/aromatic N) is 2. The van der Waals surface area contributed by atoms with Gasteiger partial charge in [0.2, 0.25) is 0 Å². The number of benzene rings is 2. The van der Waals surface area contributed by atoms with Crippen molar-refractivity contribution in [3.05, 3.63) is 75.8 Å². The van der Waals surface area contributed by atoms with Gasteiger partial charge in [-0.05, 0) is 55.3 Å². The first kappa shape index (κ1) is 27.1. The standard InChI is InChI=1S/C29H30N2O6S/c1-5-6-7-16-37-22-14-8-19(9-15-22)24-23(25(33)20-10-12-21(36-4)13-11-20)26(34)28(35)31(24)29-30-17(2)27(38-29)18(3)32/h8-15,24,33H,5-7,16H2,1-4H3/b25-23-. The Morgan fingerprint density at radius 3 is 2.29 bits per heavy atom. The molecule has 1 saturated heterocycles. The first-order valence-corrected chi connectivity index (χ1v) is 13.2. The van der Waals surface area contributed by atoms with Crippen LogP contribution < -0.4 is 14.4 Å². The number of aryl methyl sites for hydroxylation is 1. The molecule has 2 heterocycles. The zero-order valence-electron chi connectivity index (χ0n) is 21.8. The van der Waals surface area contributed by atoms with Crippen molar-refractivity contribution in [2.75, 3.05) is 18.6 Å². The summed E-state index contributed by atoms with van der Waals surface area (Å²) in [7, 11) is 1.53. The Morgan fingerprint density at radius 1 is 1.05 bits per heavy atom. The van der Waals surface area contributed by atoms with Crippen LogP contribution in [0, 0.1) is 6.92 Å². The fourth-order valence-electron chi connectivity index (χ4n) is 4.35. The average molecular weight is 535 g/mol. The van der Waals surface area contributed by atoms with Crippen LogP contribution in [0.1, 0.15) is 65.6 Å². The number of hydrogen-bond acceptors (Lipinski definition) is 8. The van der Waals surface area contributed by atoms with Crippen molar-refractivity contribution in [1.82, 2.24) is 4.98 Å². The number of carbonyl (C=O) groups is 3. The molecule has 0 spiro atoms. The molecule has 2 aromatic carbocycles. The lowest BCUT2D eigenvalue weighted by atomic mass is 9.95. The van der Waals surface area contributed by atoms with Crippen LogP contribution in [0.3, 0.4) is 0 Å². The highest BCUT2D eigenvalue weighted by molar-refractivity contribution is 7.18. The van der Waals surface area contributed by atoms with Gasteiger partial charge < -0.3 is 14.6 Å². The fraction of sp³-hybridized carbons (Fsp3) is 0.310. The number of unbranched alkanes of at least 4 members (excludes halogenated alkanes) is 2. The Kier molecular flexibility index (Phi) is 8.26. The molecule has 38 heavy (non-hydrogen) atoms. The van der Waals surface area contributed by atoms with Crippen molar-refractivity contribution in [2.45, 2.75) is 46.1 Å². The monoisotopic (exact) mass is 534 g/mol. The van der Waals surface area contributed by atoms with Gasteiger partial charge in [-0.15, -0.1) is 0 Å². The van der Waals surface area contributed by atoms with Crippen LogP contribution in [0.4, 0.5) is 5.13 Å². The second-order valence-corrected chi connectivity index (χ2v) is 9.97. The molecule has 1 aliphatic heterocycles. The van der Waals surface area contributed by atoms with E-state index in [0.717, 1.165) is 30.6 Å². The van der Waals surface area contributed by atoms with Crippen molar-refractivity contribution in [1.29, 1.82) is 0 Å². The SMILES string of the molecule is CCCCCOc1ccc(C2/C(=C(/O)c3ccc(OC)cc3)C(=O)C(=O)N2c2nc(C)c(C(C)=O)s2)cc1. The van der Waals surface area contributed by atoms with Gasteiger partial charge in [0.15, 0.2) is 10.9 Å². The summed E-state index contributed by atoms with van der Waals surface area (Å²) in [6, 6.07) is 12.7. The van der Waals surface area contributed by atoms with Gasteiger partial charge in [-0.2, -0.15) is 0 Å². The number of thiazole rings is 1. The maximum Gasteiger partial charge on any atom is 0.301 e. The van der Waals surface area contributed by atoms with Gasteiger partial charge >= 0.3 is 5.91 Å². The maximum absolute atomic E-state index is 13.4. The van der Waals surface area contributed by atoms with Gasteiger partial charge in [0.05, 0.1) is 35.9 Å². The normalized spacial score (nSPS) is 16.6. The number of anilines is 1. The van der Waals surface area contributed by atoms with Crippen molar-refractivity contribution in [2.24, 2.45) is 0 Å². The minimum atomic E-state index is -0.948. The predicted octanol–water partition coefficient (Wildman–Crippen LogP) is 5.86. The highest BCUT2D eigenvalue weighted by atomic mass is 32.1. The molecule has 1 fully saturated rings. The maximum atomic E-state index is 13.4. The molecule has 1 N–H and O–H groups in total. The fourth-order valence-corrected chi connectivity index (χ4v) is 5.34. The molecule has 3 aromatic rings. The number of aliphatic hydroxyl groups is 1. The highest BCUT2D eigenvalue weighted by Crippen LogP contribution is 2.44. The first-order chi connectivity index (χ1) is 18.3. The lowest BCUT2D eigenvalue weighted by Crippen LogP contribution is -2.29. The molecule has 1 unspecified atom stereocenters. The van der Waals surface area contributed by atoms with E-state index in [1.165, 1.54) is 18.9 Å². The van der Waals surface area contributed by atoms with E-state index in [-0.39, 0.29) is 22.2 Å². The topological polar surface area (TPSA) is 106 Å². The minimum absolute atomic E-state index is 0.0611. The zero-order chi connectivity index (χ0) is 27.4. The lowest BCUT2D eigenvalue weighted by Gasteiger charge is -2.23. The van der Waals surface area contributed by atoms with Crippen LogP contribution in [0.2, 0.25) is 0 Å². The van der Waals surface area contributed by atoms with E-state index in [4.69, 9.17) is 9.47 Å². The zero-order valence-corrected chi connectivity index (χ0v) is 22.6. The van der Waals surface area contributed by atoms with E-state index in [0.29, 0.717) is 39.8 Å². The van der Waals surface area contributed by atoms with E-state index in [2.05, 4.69) is 11.9 Å². The Bertz CT molecular complexity index is 1380. The number of ketones is 2. The van der Waals surface area contributed by atoms with Crippen LogP contribution in [-0.2, 0) is 9.59 Å². The Morgan fingerprint density at radius 2 is 1.71 bits per heavy atom. The minimum Gasteiger partial charge on any atom is -0.507 e. The van der Waals surface area contributed by atoms with Gasteiger partial charge in [-0.3, -0.25) is 19.3 Å². The number of aromatic nitrogens is 1. The third-order valence-electron chi connectivity index (χ3n) is 6.33. The summed E-state index contributed by atoms with van der Waals surface area (Å²) in [5.41, 5.74) is 1.37. The summed E-state index contributed by atoms with van der Waals surface area (Å²) in [5.74, 6) is -0.890. The van der Waals surface area contributed by atoms with Gasteiger partial charge in [0, 0.05) is 12.5 Å². The molecular weight excluding hydrogens is 504 g/mol. The molecule has 198 valence electrons. The van der Waals surface area contributed by atoms with E-state index >= 15 is 0 Å². The molecule has 0 bridgehead atoms. The van der Waals surface area contributed by atoms with Gasteiger partial charge in [0.1, 0.15) is 17.3 Å². The summed E-state index contributed by atoms with van der Waals surface area (Å²) in [4.78, 5) is 44.9. The van der Waals surface area contributed by atoms with Gasteiger partial charge in [-0.1, -0.05) is 43.2 Å². The Balaban J connectivity index is 1.80. The molecular formula is C29H30N2O6S. The van der Waals surface area contributed by atoms with Gasteiger partial charge in [-0.25, -0.2) is 4.98 Å². The number of ether oxygens (including phenoxy) is 2. The van der Waals surface area contributed by atoms with Crippen LogP contribution in [0.5, 0.6) is 11.5 Å². The molecule has 1 amide bonds. The largest absolute Gasteiger partial charge is 0.507 e. The van der Waals surface area contributed by atoms with E-state index in [9.17, 15) is 19.5 Å². The van der Waals surface area contributed by atoms with Crippen molar-refractivity contribution in [3.8, 4) is 11.5 Å². The van der Waals surface area contributed by atoms with E-state index in [1.54, 1.807) is 55.5 Å². The summed E-state index contributed by atoms with van der Waals surface area (Å²) in [6.45, 7) is 5.83. The van der Waals surface area contributed by atoms with Crippen LogP contribution >= 0.6 is 11.3 Å². The van der Waals surface area contributed by atoms with Crippen molar-refractivity contribution < 1.29 is 29.0 Å². The molecule has 8 nitrogen and oxygen atoms in total. The molecule has 0 aliphatic carbocycles. The molecule has 1 aliphatic rings. The number of rotatable bonds is 10. The first-order valence-electron chi connectivity index (χ1n) is 12.4. The number of hydrogen-bond donors (Lipinski definition) is 1.